The quantitative estimate of drug-likeness (QED) is 0.559. The molecule has 1 aliphatic rings. The second-order valence-electron chi connectivity index (χ2n) is 3.84. The molecule has 0 bridgehead atoms. The zero-order chi connectivity index (χ0) is 11.7. The Morgan fingerprint density at radius 2 is 2.12 bits per heavy atom. The molecule has 5 nitrogen and oxygen atoms in total. The Morgan fingerprint density at radius 3 is 2.81 bits per heavy atom. The first-order valence-electron chi connectivity index (χ1n) is 5.01. The van der Waals surface area contributed by atoms with Crippen molar-refractivity contribution >= 4 is 11.6 Å². The molecule has 1 amide bonds. The van der Waals surface area contributed by atoms with Crippen LogP contribution in [0.2, 0.25) is 0 Å². The summed E-state index contributed by atoms with van der Waals surface area (Å²) in [7, 11) is 0. The van der Waals surface area contributed by atoms with Crippen LogP contribution in [-0.2, 0) is 11.2 Å². The first-order valence-corrected chi connectivity index (χ1v) is 5.01. The second-order valence-corrected chi connectivity index (χ2v) is 3.84. The van der Waals surface area contributed by atoms with Crippen LogP contribution < -0.4 is 5.32 Å². The third kappa shape index (κ3) is 1.92. The number of aliphatic hydroxyl groups excluding tert-OH is 3. The molecule has 0 aromatic heterocycles. The molecule has 2 atom stereocenters. The molecule has 0 saturated heterocycles. The third-order valence-corrected chi connectivity index (χ3v) is 2.65. The highest BCUT2D eigenvalue weighted by Gasteiger charge is 2.22. The molecular formula is C11H13NO4. The van der Waals surface area contributed by atoms with Gasteiger partial charge >= 0.3 is 0 Å². The van der Waals surface area contributed by atoms with E-state index in [1.165, 1.54) is 0 Å². The number of aliphatic hydroxyl groups is 3. The lowest BCUT2D eigenvalue weighted by Gasteiger charge is -2.16. The van der Waals surface area contributed by atoms with Gasteiger partial charge in [0.25, 0.3) is 0 Å². The molecule has 1 aromatic carbocycles. The molecule has 1 heterocycles. The molecule has 86 valence electrons. The lowest BCUT2D eigenvalue weighted by molar-refractivity contribution is -0.115. The molecule has 0 spiro atoms. The molecule has 4 N–H and O–H groups in total. The number of anilines is 1. The first-order chi connectivity index (χ1) is 7.61. The largest absolute Gasteiger partial charge is 0.394 e. The average Bonchev–Trinajstić information content (AvgIpc) is 2.65. The SMILES string of the molecule is O=C1Cc2cc(C(O)C(O)CO)ccc2N1. The van der Waals surface area contributed by atoms with E-state index in [2.05, 4.69) is 5.32 Å². The summed E-state index contributed by atoms with van der Waals surface area (Å²) >= 11 is 0. The van der Waals surface area contributed by atoms with Crippen molar-refractivity contribution in [1.29, 1.82) is 0 Å². The topological polar surface area (TPSA) is 89.8 Å². The van der Waals surface area contributed by atoms with Gasteiger partial charge in [0.05, 0.1) is 13.0 Å². The van der Waals surface area contributed by atoms with Gasteiger partial charge < -0.3 is 20.6 Å². The van der Waals surface area contributed by atoms with E-state index in [4.69, 9.17) is 5.11 Å². The molecule has 1 aliphatic heterocycles. The summed E-state index contributed by atoms with van der Waals surface area (Å²) in [6.07, 6.45) is -2.06. The zero-order valence-electron chi connectivity index (χ0n) is 8.55. The van der Waals surface area contributed by atoms with Crippen molar-refractivity contribution in [2.75, 3.05) is 11.9 Å². The normalized spacial score (nSPS) is 17.8. The van der Waals surface area contributed by atoms with E-state index < -0.39 is 18.8 Å². The van der Waals surface area contributed by atoms with Crippen LogP contribution in [0.4, 0.5) is 5.69 Å². The van der Waals surface area contributed by atoms with E-state index in [9.17, 15) is 15.0 Å². The fourth-order valence-electron chi connectivity index (χ4n) is 1.76. The number of amides is 1. The van der Waals surface area contributed by atoms with Crippen LogP contribution in [-0.4, -0.2) is 33.9 Å². The fraction of sp³-hybridized carbons (Fsp3) is 0.364. The second kappa shape index (κ2) is 4.21. The monoisotopic (exact) mass is 223 g/mol. The predicted octanol–water partition coefficient (Wildman–Crippen LogP) is -0.432. The summed E-state index contributed by atoms with van der Waals surface area (Å²) < 4.78 is 0. The molecule has 1 aromatic rings. The lowest BCUT2D eigenvalue weighted by Crippen LogP contribution is -2.22. The zero-order valence-corrected chi connectivity index (χ0v) is 8.55. The Morgan fingerprint density at radius 1 is 1.38 bits per heavy atom. The van der Waals surface area contributed by atoms with E-state index in [1.54, 1.807) is 18.2 Å². The maximum absolute atomic E-state index is 11.1. The van der Waals surface area contributed by atoms with Crippen LogP contribution in [0.25, 0.3) is 0 Å². The van der Waals surface area contributed by atoms with Gasteiger partial charge in [0.2, 0.25) is 5.91 Å². The molecule has 0 aliphatic carbocycles. The highest BCUT2D eigenvalue weighted by molar-refractivity contribution is 5.99. The van der Waals surface area contributed by atoms with Gasteiger partial charge in [0.15, 0.2) is 0 Å². The van der Waals surface area contributed by atoms with Gasteiger partial charge in [-0.3, -0.25) is 4.79 Å². The van der Waals surface area contributed by atoms with Crippen LogP contribution >= 0.6 is 0 Å². The Bertz CT molecular complexity index is 418. The van der Waals surface area contributed by atoms with Crippen LogP contribution in [0.3, 0.4) is 0 Å². The number of nitrogens with one attached hydrogen (secondary N) is 1. The van der Waals surface area contributed by atoms with Crippen LogP contribution in [0.15, 0.2) is 18.2 Å². The summed E-state index contributed by atoms with van der Waals surface area (Å²) in [6.45, 7) is -0.505. The maximum atomic E-state index is 11.1. The van der Waals surface area contributed by atoms with Crippen molar-refractivity contribution in [2.45, 2.75) is 18.6 Å². The van der Waals surface area contributed by atoms with Crippen molar-refractivity contribution in [3.8, 4) is 0 Å². The van der Waals surface area contributed by atoms with Gasteiger partial charge in [-0.1, -0.05) is 12.1 Å². The number of hydrogen-bond donors (Lipinski definition) is 4. The number of carbonyl (C=O) groups excluding carboxylic acids is 1. The maximum Gasteiger partial charge on any atom is 0.228 e. The molecule has 0 fully saturated rings. The Hall–Kier alpha value is -1.43. The summed E-state index contributed by atoms with van der Waals surface area (Å²) in [4.78, 5) is 11.1. The van der Waals surface area contributed by atoms with Gasteiger partial charge in [0, 0.05) is 5.69 Å². The smallest absolute Gasteiger partial charge is 0.228 e. The van der Waals surface area contributed by atoms with E-state index in [0.717, 1.165) is 11.3 Å². The molecule has 2 rings (SSSR count). The standard InChI is InChI=1S/C11H13NO4/c13-5-9(14)11(16)6-1-2-8-7(3-6)4-10(15)12-8/h1-3,9,11,13-14,16H,4-5H2,(H,12,15). The minimum absolute atomic E-state index is 0.0793. The summed E-state index contributed by atoms with van der Waals surface area (Å²) in [5.74, 6) is -0.0793. The van der Waals surface area contributed by atoms with Crippen molar-refractivity contribution in [3.05, 3.63) is 29.3 Å². The number of rotatable bonds is 3. The number of carbonyl (C=O) groups is 1. The number of benzene rings is 1. The fourth-order valence-corrected chi connectivity index (χ4v) is 1.76. The van der Waals surface area contributed by atoms with Crippen molar-refractivity contribution in [3.63, 3.8) is 0 Å². The summed E-state index contributed by atoms with van der Waals surface area (Å²) in [5.41, 5.74) is 2.03. The van der Waals surface area contributed by atoms with Crippen molar-refractivity contribution in [1.82, 2.24) is 0 Å². The van der Waals surface area contributed by atoms with Gasteiger partial charge in [-0.15, -0.1) is 0 Å². The Labute approximate surface area is 92.3 Å². The van der Waals surface area contributed by atoms with Gasteiger partial charge in [-0.25, -0.2) is 0 Å². The first kappa shape index (κ1) is 11.1. The van der Waals surface area contributed by atoms with E-state index in [0.29, 0.717) is 5.56 Å². The summed E-state index contributed by atoms with van der Waals surface area (Å²) in [6, 6.07) is 4.97. The Balaban J connectivity index is 2.25. The van der Waals surface area contributed by atoms with E-state index >= 15 is 0 Å². The highest BCUT2D eigenvalue weighted by atomic mass is 16.4. The summed E-state index contributed by atoms with van der Waals surface area (Å²) in [5, 5.41) is 30.4. The van der Waals surface area contributed by atoms with Gasteiger partial charge in [-0.2, -0.15) is 0 Å². The third-order valence-electron chi connectivity index (χ3n) is 2.65. The van der Waals surface area contributed by atoms with Crippen molar-refractivity contribution < 1.29 is 20.1 Å². The van der Waals surface area contributed by atoms with Crippen LogP contribution in [0, 0.1) is 0 Å². The van der Waals surface area contributed by atoms with Crippen LogP contribution in [0.5, 0.6) is 0 Å². The number of hydrogen-bond acceptors (Lipinski definition) is 4. The molecule has 0 saturated carbocycles. The van der Waals surface area contributed by atoms with Gasteiger partial charge in [0.1, 0.15) is 12.2 Å². The van der Waals surface area contributed by atoms with Gasteiger partial charge in [-0.05, 0) is 17.2 Å². The number of fused-ring (bicyclic) bond motifs is 1. The van der Waals surface area contributed by atoms with E-state index in [1.807, 2.05) is 0 Å². The lowest BCUT2D eigenvalue weighted by atomic mass is 10.0. The molecule has 0 radical (unpaired) electrons. The molecule has 5 heteroatoms. The minimum Gasteiger partial charge on any atom is -0.394 e. The predicted molar refractivity (Wildman–Crippen MR) is 56.8 cm³/mol. The molecular weight excluding hydrogens is 210 g/mol. The van der Waals surface area contributed by atoms with Crippen LogP contribution in [0.1, 0.15) is 17.2 Å². The Kier molecular flexibility index (Phi) is 2.91. The molecule has 16 heavy (non-hydrogen) atoms. The average molecular weight is 223 g/mol. The highest BCUT2D eigenvalue weighted by Crippen LogP contribution is 2.27. The minimum atomic E-state index is -1.21. The van der Waals surface area contributed by atoms with Crippen molar-refractivity contribution in [2.24, 2.45) is 0 Å². The molecule has 2 unspecified atom stereocenters. The van der Waals surface area contributed by atoms with E-state index in [-0.39, 0.29) is 12.3 Å².